The van der Waals surface area contributed by atoms with E-state index in [0.717, 1.165) is 13.1 Å². The van der Waals surface area contributed by atoms with Crippen LogP contribution in [0.5, 0.6) is 5.75 Å². The highest BCUT2D eigenvalue weighted by Crippen LogP contribution is 2.33. The zero-order valence-electron chi connectivity index (χ0n) is 13.3. The first-order chi connectivity index (χ1) is 11.0. The smallest absolute Gasteiger partial charge is 0.265 e. The van der Waals surface area contributed by atoms with Crippen molar-refractivity contribution in [3.8, 4) is 5.75 Å². The maximum Gasteiger partial charge on any atom is 0.265 e. The normalized spacial score (nSPS) is 22.5. The van der Waals surface area contributed by atoms with Gasteiger partial charge in [-0.1, -0.05) is 0 Å². The molecule has 0 radical (unpaired) electrons. The Labute approximate surface area is 134 Å². The molecular weight excluding hydrogens is 298 g/mol. The minimum absolute atomic E-state index is 0.169. The van der Waals surface area contributed by atoms with Gasteiger partial charge in [-0.3, -0.25) is 9.59 Å². The third-order valence-electron chi connectivity index (χ3n) is 4.38. The monoisotopic (exact) mass is 319 g/mol. The number of amides is 2. The number of carbonyl (C=O) groups is 2. The summed E-state index contributed by atoms with van der Waals surface area (Å²) in [7, 11) is 1.56. The van der Waals surface area contributed by atoms with Gasteiger partial charge in [0.25, 0.3) is 11.8 Å². The van der Waals surface area contributed by atoms with Crippen LogP contribution >= 0.6 is 0 Å². The van der Waals surface area contributed by atoms with E-state index in [4.69, 9.17) is 9.47 Å². The van der Waals surface area contributed by atoms with E-state index in [1.54, 1.807) is 32.2 Å². The molecule has 1 saturated heterocycles. The third-order valence-corrected chi connectivity index (χ3v) is 4.38. The topological polar surface area (TPSA) is 88.7 Å². The molecule has 0 spiro atoms. The van der Waals surface area contributed by atoms with Gasteiger partial charge in [0.15, 0.2) is 6.10 Å². The van der Waals surface area contributed by atoms with Gasteiger partial charge in [0.2, 0.25) is 0 Å². The second-order valence-electron chi connectivity index (χ2n) is 5.86. The van der Waals surface area contributed by atoms with Crippen molar-refractivity contribution in [1.29, 1.82) is 0 Å². The Balaban J connectivity index is 1.77. The Morgan fingerprint density at radius 3 is 2.83 bits per heavy atom. The lowest BCUT2D eigenvalue weighted by molar-refractivity contribution is -0.140. The van der Waals surface area contributed by atoms with E-state index in [-0.39, 0.29) is 11.8 Å². The number of ether oxygens (including phenoxy) is 2. The van der Waals surface area contributed by atoms with Crippen LogP contribution in [0.15, 0.2) is 18.2 Å². The fourth-order valence-electron chi connectivity index (χ4n) is 2.89. The second kappa shape index (κ2) is 6.17. The predicted molar refractivity (Wildman–Crippen MR) is 85.6 cm³/mol. The molecule has 2 heterocycles. The van der Waals surface area contributed by atoms with Crippen LogP contribution in [0, 0.1) is 0 Å². The van der Waals surface area contributed by atoms with E-state index in [1.807, 2.05) is 0 Å². The van der Waals surface area contributed by atoms with Gasteiger partial charge in [0.05, 0.1) is 5.69 Å². The molecule has 2 amide bonds. The van der Waals surface area contributed by atoms with Crippen molar-refractivity contribution >= 4 is 23.2 Å². The van der Waals surface area contributed by atoms with Gasteiger partial charge in [-0.2, -0.15) is 0 Å². The summed E-state index contributed by atoms with van der Waals surface area (Å²) >= 11 is 0. The standard InChI is InChI=1S/C16H21N3O4/c1-10-14(20)19-12-9-11(3-4-13(12)23-10)18-15(21)16(22-2)5-7-17-8-6-16/h3-4,9-10,17H,5-8H2,1-2H3,(H,18,21)(H,19,20). The molecule has 0 saturated carbocycles. The van der Waals surface area contributed by atoms with Gasteiger partial charge in [-0.05, 0) is 51.1 Å². The second-order valence-corrected chi connectivity index (χ2v) is 5.86. The summed E-state index contributed by atoms with van der Waals surface area (Å²) in [5.74, 6) is 0.226. The number of benzene rings is 1. The Morgan fingerprint density at radius 2 is 2.13 bits per heavy atom. The molecule has 1 fully saturated rings. The van der Waals surface area contributed by atoms with Gasteiger partial charge < -0.3 is 25.4 Å². The Morgan fingerprint density at radius 1 is 1.39 bits per heavy atom. The van der Waals surface area contributed by atoms with Crippen molar-refractivity contribution in [3.63, 3.8) is 0 Å². The molecule has 2 aliphatic rings. The molecule has 1 atom stereocenters. The average molecular weight is 319 g/mol. The lowest BCUT2D eigenvalue weighted by Gasteiger charge is -2.34. The van der Waals surface area contributed by atoms with Crippen molar-refractivity contribution in [3.05, 3.63) is 18.2 Å². The fourth-order valence-corrected chi connectivity index (χ4v) is 2.89. The number of nitrogens with one attached hydrogen (secondary N) is 3. The first-order valence-corrected chi connectivity index (χ1v) is 7.73. The molecule has 1 unspecified atom stereocenters. The minimum Gasteiger partial charge on any atom is -0.479 e. The maximum absolute atomic E-state index is 12.6. The molecule has 0 aromatic heterocycles. The van der Waals surface area contributed by atoms with Crippen LogP contribution in [-0.4, -0.2) is 43.7 Å². The lowest BCUT2D eigenvalue weighted by Crippen LogP contribution is -2.51. The average Bonchev–Trinajstić information content (AvgIpc) is 2.56. The molecule has 0 aliphatic carbocycles. The van der Waals surface area contributed by atoms with E-state index < -0.39 is 11.7 Å². The summed E-state index contributed by atoms with van der Waals surface area (Å²) in [5.41, 5.74) is 0.347. The number of piperidine rings is 1. The number of carbonyl (C=O) groups excluding carboxylic acids is 2. The van der Waals surface area contributed by atoms with Crippen molar-refractivity contribution in [2.24, 2.45) is 0 Å². The molecule has 1 aromatic carbocycles. The van der Waals surface area contributed by atoms with Crippen LogP contribution < -0.4 is 20.7 Å². The highest BCUT2D eigenvalue weighted by atomic mass is 16.5. The largest absolute Gasteiger partial charge is 0.479 e. The van der Waals surface area contributed by atoms with Gasteiger partial charge in [0.1, 0.15) is 11.4 Å². The van der Waals surface area contributed by atoms with Crippen molar-refractivity contribution in [1.82, 2.24) is 5.32 Å². The zero-order chi connectivity index (χ0) is 16.4. The molecule has 0 bridgehead atoms. The van der Waals surface area contributed by atoms with Crippen molar-refractivity contribution in [2.45, 2.75) is 31.5 Å². The highest BCUT2D eigenvalue weighted by Gasteiger charge is 2.39. The van der Waals surface area contributed by atoms with Crippen LogP contribution in [-0.2, 0) is 14.3 Å². The Kier molecular flexibility index (Phi) is 4.23. The number of hydrogen-bond acceptors (Lipinski definition) is 5. The van der Waals surface area contributed by atoms with Crippen LogP contribution in [0.3, 0.4) is 0 Å². The number of rotatable bonds is 3. The molecule has 3 N–H and O–H groups in total. The van der Waals surface area contributed by atoms with Gasteiger partial charge >= 0.3 is 0 Å². The molecule has 7 nitrogen and oxygen atoms in total. The molecule has 2 aliphatic heterocycles. The fraction of sp³-hybridized carbons (Fsp3) is 0.500. The molecule has 1 aromatic rings. The summed E-state index contributed by atoms with van der Waals surface area (Å²) in [6, 6.07) is 5.19. The molecular formula is C16H21N3O4. The lowest BCUT2D eigenvalue weighted by atomic mass is 9.91. The number of fused-ring (bicyclic) bond motifs is 1. The number of methoxy groups -OCH3 is 1. The molecule has 3 rings (SSSR count). The van der Waals surface area contributed by atoms with Gasteiger partial charge in [-0.15, -0.1) is 0 Å². The van der Waals surface area contributed by atoms with Crippen molar-refractivity contribution in [2.75, 3.05) is 30.8 Å². The number of anilines is 2. The summed E-state index contributed by atoms with van der Waals surface area (Å²) in [6.07, 6.45) is 0.726. The third kappa shape index (κ3) is 3.02. The van der Waals surface area contributed by atoms with Crippen LogP contribution in [0.2, 0.25) is 0 Å². The summed E-state index contributed by atoms with van der Waals surface area (Å²) in [6.45, 7) is 3.17. The number of hydrogen-bond donors (Lipinski definition) is 3. The van der Waals surface area contributed by atoms with Crippen LogP contribution in [0.4, 0.5) is 11.4 Å². The van der Waals surface area contributed by atoms with E-state index >= 15 is 0 Å². The van der Waals surface area contributed by atoms with E-state index in [9.17, 15) is 9.59 Å². The van der Waals surface area contributed by atoms with E-state index in [2.05, 4.69) is 16.0 Å². The SMILES string of the molecule is COC1(C(=O)Nc2ccc3c(c2)NC(=O)C(C)O3)CCNCC1. The zero-order valence-corrected chi connectivity index (χ0v) is 13.3. The molecule has 23 heavy (non-hydrogen) atoms. The summed E-state index contributed by atoms with van der Waals surface area (Å²) in [5, 5.41) is 8.87. The first kappa shape index (κ1) is 15.8. The Hall–Kier alpha value is -2.12. The van der Waals surface area contributed by atoms with E-state index in [1.165, 1.54) is 0 Å². The molecule has 7 heteroatoms. The minimum atomic E-state index is -0.810. The quantitative estimate of drug-likeness (QED) is 0.777. The Bertz CT molecular complexity index is 626. The van der Waals surface area contributed by atoms with Gasteiger partial charge in [-0.25, -0.2) is 0 Å². The first-order valence-electron chi connectivity index (χ1n) is 7.73. The predicted octanol–water partition coefficient (Wildman–Crippen LogP) is 1.11. The van der Waals surface area contributed by atoms with Crippen molar-refractivity contribution < 1.29 is 19.1 Å². The molecule has 124 valence electrons. The summed E-state index contributed by atoms with van der Waals surface area (Å²) in [4.78, 5) is 24.3. The maximum atomic E-state index is 12.6. The van der Waals surface area contributed by atoms with Crippen LogP contribution in [0.1, 0.15) is 19.8 Å². The van der Waals surface area contributed by atoms with Gasteiger partial charge in [0, 0.05) is 12.8 Å². The van der Waals surface area contributed by atoms with Crippen LogP contribution in [0.25, 0.3) is 0 Å². The summed E-state index contributed by atoms with van der Waals surface area (Å²) < 4.78 is 11.0. The van der Waals surface area contributed by atoms with E-state index in [0.29, 0.717) is 30.0 Å². The highest BCUT2D eigenvalue weighted by molar-refractivity contribution is 6.00.